The van der Waals surface area contributed by atoms with Gasteiger partial charge in [0.05, 0.1) is 11.5 Å². The lowest BCUT2D eigenvalue weighted by Crippen LogP contribution is -2.08. The Hall–Kier alpha value is -2.41. The molecule has 0 saturated carbocycles. The maximum atomic E-state index is 12.1. The van der Waals surface area contributed by atoms with E-state index in [1.807, 2.05) is 6.92 Å². The Bertz CT molecular complexity index is 664. The number of carbonyl (C=O) groups excluding carboxylic acids is 1. The molecule has 0 aliphatic heterocycles. The van der Waals surface area contributed by atoms with Crippen LogP contribution in [0.25, 0.3) is 11.1 Å². The number of hydrogen-bond acceptors (Lipinski definition) is 6. The van der Waals surface area contributed by atoms with Gasteiger partial charge in [-0.05, 0) is 24.1 Å². The Kier molecular flexibility index (Phi) is 4.54. The number of benzene rings is 1. The summed E-state index contributed by atoms with van der Waals surface area (Å²) in [5.41, 5.74) is 7.48. The van der Waals surface area contributed by atoms with Crippen LogP contribution >= 0.6 is 11.3 Å². The molecule has 0 amide bonds. The number of non-ortho nitro benzene ring substituents is 1. The first-order valence-electron chi connectivity index (χ1n) is 6.33. The minimum Gasteiger partial charge on any atom is -0.462 e. The zero-order chi connectivity index (χ0) is 15.4. The Morgan fingerprint density at radius 3 is 2.62 bits per heavy atom. The summed E-state index contributed by atoms with van der Waals surface area (Å²) in [6.45, 7) is 2.23. The summed E-state index contributed by atoms with van der Waals surface area (Å²) < 4.78 is 5.12. The molecule has 21 heavy (non-hydrogen) atoms. The van der Waals surface area contributed by atoms with Gasteiger partial charge in [-0.2, -0.15) is 0 Å². The summed E-state index contributed by atoms with van der Waals surface area (Å²) in [6.07, 6.45) is 0.725. The molecule has 7 heteroatoms. The van der Waals surface area contributed by atoms with Gasteiger partial charge in [0.15, 0.2) is 0 Å². The molecule has 0 bridgehead atoms. The first-order valence-corrected chi connectivity index (χ1v) is 7.21. The number of nitrogens with zero attached hydrogens (tertiary/aromatic N) is 1. The Morgan fingerprint density at radius 2 is 2.05 bits per heavy atom. The Labute approximate surface area is 125 Å². The molecule has 6 nitrogen and oxygen atoms in total. The largest absolute Gasteiger partial charge is 0.462 e. The van der Waals surface area contributed by atoms with Crippen molar-refractivity contribution in [2.45, 2.75) is 13.3 Å². The van der Waals surface area contributed by atoms with Gasteiger partial charge in [0.1, 0.15) is 10.6 Å². The van der Waals surface area contributed by atoms with Crippen molar-refractivity contribution in [1.82, 2.24) is 0 Å². The third kappa shape index (κ3) is 3.19. The number of nitrogens with two attached hydrogens (primary N) is 1. The highest BCUT2D eigenvalue weighted by molar-refractivity contribution is 7.14. The second-order valence-corrected chi connectivity index (χ2v) is 5.24. The van der Waals surface area contributed by atoms with E-state index < -0.39 is 10.9 Å². The number of thiophene rings is 1. The highest BCUT2D eigenvalue weighted by Gasteiger charge is 2.20. The number of anilines is 1. The van der Waals surface area contributed by atoms with Crippen molar-refractivity contribution >= 4 is 28.0 Å². The van der Waals surface area contributed by atoms with Crippen molar-refractivity contribution in [2.75, 3.05) is 12.3 Å². The Morgan fingerprint density at radius 1 is 1.38 bits per heavy atom. The van der Waals surface area contributed by atoms with Crippen molar-refractivity contribution in [3.8, 4) is 11.1 Å². The van der Waals surface area contributed by atoms with Gasteiger partial charge in [0, 0.05) is 23.1 Å². The molecule has 2 aromatic rings. The topological polar surface area (TPSA) is 95.5 Å². The zero-order valence-corrected chi connectivity index (χ0v) is 12.2. The number of carbonyl (C=O) groups is 1. The second kappa shape index (κ2) is 6.36. The lowest BCUT2D eigenvalue weighted by Gasteiger charge is -2.06. The van der Waals surface area contributed by atoms with Crippen LogP contribution in [0.1, 0.15) is 23.7 Å². The molecule has 0 atom stereocenters. The molecule has 1 aromatic heterocycles. The number of nitro benzene ring substituents is 1. The van der Waals surface area contributed by atoms with E-state index in [-0.39, 0.29) is 5.69 Å². The average molecular weight is 306 g/mol. The van der Waals surface area contributed by atoms with E-state index in [1.54, 1.807) is 17.5 Å². The van der Waals surface area contributed by atoms with Crippen LogP contribution in [0.2, 0.25) is 0 Å². The summed E-state index contributed by atoms with van der Waals surface area (Å²) in [5.74, 6) is -0.469. The zero-order valence-electron chi connectivity index (χ0n) is 11.4. The number of esters is 1. The molecular weight excluding hydrogens is 292 g/mol. The van der Waals surface area contributed by atoms with Gasteiger partial charge in [-0.3, -0.25) is 10.1 Å². The van der Waals surface area contributed by atoms with E-state index in [1.165, 1.54) is 23.5 Å². The fourth-order valence-corrected chi connectivity index (χ4v) is 2.64. The number of ether oxygens (including phenoxy) is 1. The van der Waals surface area contributed by atoms with E-state index >= 15 is 0 Å². The molecule has 2 N–H and O–H groups in total. The first kappa shape index (κ1) is 15.0. The van der Waals surface area contributed by atoms with Crippen molar-refractivity contribution in [1.29, 1.82) is 0 Å². The van der Waals surface area contributed by atoms with Gasteiger partial charge >= 0.3 is 5.97 Å². The predicted molar refractivity (Wildman–Crippen MR) is 81.4 cm³/mol. The number of nitro groups is 1. The van der Waals surface area contributed by atoms with Crippen LogP contribution < -0.4 is 5.73 Å². The van der Waals surface area contributed by atoms with Crippen molar-refractivity contribution in [3.63, 3.8) is 0 Å². The Balaban J connectivity index is 2.36. The van der Waals surface area contributed by atoms with Crippen LogP contribution in [-0.2, 0) is 4.74 Å². The summed E-state index contributed by atoms with van der Waals surface area (Å²) in [5, 5.41) is 12.8. The van der Waals surface area contributed by atoms with Crippen LogP contribution in [0.5, 0.6) is 0 Å². The lowest BCUT2D eigenvalue weighted by atomic mass is 10.0. The van der Waals surface area contributed by atoms with Crippen molar-refractivity contribution in [2.24, 2.45) is 0 Å². The van der Waals surface area contributed by atoms with E-state index in [9.17, 15) is 14.9 Å². The maximum absolute atomic E-state index is 12.1. The first-order chi connectivity index (χ1) is 10.0. The molecule has 0 radical (unpaired) electrons. The third-order valence-electron chi connectivity index (χ3n) is 2.85. The third-order valence-corrected chi connectivity index (χ3v) is 3.66. The van der Waals surface area contributed by atoms with E-state index in [0.29, 0.717) is 28.3 Å². The average Bonchev–Trinajstić information content (AvgIpc) is 2.86. The molecule has 0 fully saturated rings. The quantitative estimate of drug-likeness (QED) is 0.518. The predicted octanol–water partition coefficient (Wildman–Crippen LogP) is 3.47. The minimum atomic E-state index is -0.470. The van der Waals surface area contributed by atoms with Gasteiger partial charge in [-0.15, -0.1) is 11.3 Å². The summed E-state index contributed by atoms with van der Waals surface area (Å²) in [6, 6.07) is 5.97. The molecule has 2 rings (SSSR count). The van der Waals surface area contributed by atoms with E-state index in [4.69, 9.17) is 10.5 Å². The summed E-state index contributed by atoms with van der Waals surface area (Å²) in [4.78, 5) is 22.2. The van der Waals surface area contributed by atoms with Crippen LogP contribution in [0.15, 0.2) is 29.6 Å². The summed E-state index contributed by atoms with van der Waals surface area (Å²) in [7, 11) is 0. The van der Waals surface area contributed by atoms with Crippen LogP contribution in [0, 0.1) is 10.1 Å². The molecule has 1 heterocycles. The van der Waals surface area contributed by atoms with E-state index in [0.717, 1.165) is 6.42 Å². The highest BCUT2D eigenvalue weighted by atomic mass is 32.1. The molecule has 0 aliphatic rings. The van der Waals surface area contributed by atoms with Crippen LogP contribution in [0.4, 0.5) is 10.7 Å². The number of rotatable bonds is 5. The molecular formula is C14H14N2O4S. The monoisotopic (exact) mass is 306 g/mol. The maximum Gasteiger partial charge on any atom is 0.341 e. The van der Waals surface area contributed by atoms with Crippen LogP contribution in [0.3, 0.4) is 0 Å². The molecule has 1 aromatic carbocycles. The van der Waals surface area contributed by atoms with Gasteiger partial charge in [-0.25, -0.2) is 4.79 Å². The van der Waals surface area contributed by atoms with Gasteiger partial charge in [0.25, 0.3) is 5.69 Å². The fraction of sp³-hybridized carbons (Fsp3) is 0.214. The fourth-order valence-electron chi connectivity index (χ4n) is 1.83. The smallest absolute Gasteiger partial charge is 0.341 e. The standard InChI is InChI=1S/C14H14N2O4S/c1-2-7-20-14(17)12-11(8-21-13(12)15)9-3-5-10(6-4-9)16(18)19/h3-6,8H,2,7,15H2,1H3. The SMILES string of the molecule is CCCOC(=O)c1c(-c2ccc([N+](=O)[O-])cc2)csc1N. The van der Waals surface area contributed by atoms with Crippen molar-refractivity contribution in [3.05, 3.63) is 45.3 Å². The molecule has 110 valence electrons. The molecule has 0 unspecified atom stereocenters. The summed E-state index contributed by atoms with van der Waals surface area (Å²) >= 11 is 1.24. The molecule has 0 aliphatic carbocycles. The highest BCUT2D eigenvalue weighted by Crippen LogP contribution is 2.34. The van der Waals surface area contributed by atoms with Gasteiger partial charge in [0.2, 0.25) is 0 Å². The normalized spacial score (nSPS) is 10.3. The molecule has 0 saturated heterocycles. The van der Waals surface area contributed by atoms with Gasteiger partial charge in [-0.1, -0.05) is 6.92 Å². The second-order valence-electron chi connectivity index (χ2n) is 4.33. The number of hydrogen-bond donors (Lipinski definition) is 1. The number of nitrogen functional groups attached to an aromatic ring is 1. The van der Waals surface area contributed by atoms with Gasteiger partial charge < -0.3 is 10.5 Å². The van der Waals surface area contributed by atoms with Crippen molar-refractivity contribution < 1.29 is 14.5 Å². The lowest BCUT2D eigenvalue weighted by molar-refractivity contribution is -0.384. The minimum absolute atomic E-state index is 0.00272. The van der Waals surface area contributed by atoms with E-state index in [2.05, 4.69) is 0 Å². The molecule has 0 spiro atoms. The van der Waals surface area contributed by atoms with Crippen LogP contribution in [-0.4, -0.2) is 17.5 Å².